The highest BCUT2D eigenvalue weighted by Crippen LogP contribution is 2.31. The molecule has 0 saturated heterocycles. The molecule has 0 aliphatic carbocycles. The second-order valence-corrected chi connectivity index (χ2v) is 8.09. The quantitative estimate of drug-likeness (QED) is 0.597. The third-order valence-electron chi connectivity index (χ3n) is 4.54. The molecule has 0 spiro atoms. The predicted molar refractivity (Wildman–Crippen MR) is 111 cm³/mol. The lowest BCUT2D eigenvalue weighted by Crippen LogP contribution is -2.40. The maximum absolute atomic E-state index is 12.6. The minimum absolute atomic E-state index is 0.0128. The molecule has 2 aromatic carbocycles. The van der Waals surface area contributed by atoms with E-state index in [1.54, 1.807) is 48.5 Å². The summed E-state index contributed by atoms with van der Waals surface area (Å²) in [5.41, 5.74) is 0.431. The Labute approximate surface area is 175 Å². The van der Waals surface area contributed by atoms with Crippen molar-refractivity contribution in [2.75, 3.05) is 11.9 Å². The van der Waals surface area contributed by atoms with Crippen molar-refractivity contribution in [3.8, 4) is 11.5 Å². The van der Waals surface area contributed by atoms with Crippen molar-refractivity contribution in [2.45, 2.75) is 39.9 Å². The number of carbonyl (C=O) groups is 3. The lowest BCUT2D eigenvalue weighted by molar-refractivity contribution is -0.157. The van der Waals surface area contributed by atoms with Gasteiger partial charge in [-0.05, 0) is 43.3 Å². The van der Waals surface area contributed by atoms with Crippen LogP contribution in [0.15, 0.2) is 48.5 Å². The minimum Gasteiger partial charge on any atom is -0.485 e. The Balaban J connectivity index is 1.58. The summed E-state index contributed by atoms with van der Waals surface area (Å²) in [7, 11) is 0. The Morgan fingerprint density at radius 1 is 1.03 bits per heavy atom. The fourth-order valence-electron chi connectivity index (χ4n) is 2.71. The molecular formula is C23H25NO6. The van der Waals surface area contributed by atoms with Crippen LogP contribution in [0.1, 0.15) is 38.1 Å². The first kappa shape index (κ1) is 21.4. The molecule has 1 aliphatic heterocycles. The number of Topliss-reactive ketones (excluding diaryl/α,β-unsaturated/α-hetero) is 1. The standard InChI is InChI=1S/C23H25NO6/c1-14(29-21(26)19-13-28-17-7-5-6-8-18(17)30-19)20(25)15-9-11-16(12-10-15)24-22(27)23(2,3)4/h5-12,14,19H,13H2,1-4H3,(H,24,27)/t14-,19-/m0/s1. The molecule has 0 radical (unpaired) electrons. The molecule has 2 aromatic rings. The molecule has 1 amide bonds. The monoisotopic (exact) mass is 411 g/mol. The second kappa shape index (κ2) is 8.57. The zero-order valence-corrected chi connectivity index (χ0v) is 17.4. The number of ketones is 1. The van der Waals surface area contributed by atoms with Gasteiger partial charge in [-0.25, -0.2) is 4.79 Å². The molecule has 7 heteroatoms. The summed E-state index contributed by atoms with van der Waals surface area (Å²) in [6.45, 7) is 6.97. The van der Waals surface area contributed by atoms with Crippen molar-refractivity contribution in [1.29, 1.82) is 0 Å². The van der Waals surface area contributed by atoms with E-state index in [1.165, 1.54) is 6.92 Å². The molecule has 0 bridgehead atoms. The van der Waals surface area contributed by atoms with Gasteiger partial charge >= 0.3 is 5.97 Å². The zero-order chi connectivity index (χ0) is 21.9. The SMILES string of the molecule is C[C@H](OC(=O)[C@@H]1COc2ccccc2O1)C(=O)c1ccc(NC(=O)C(C)(C)C)cc1. The normalized spacial score (nSPS) is 16.3. The summed E-state index contributed by atoms with van der Waals surface area (Å²) in [4.78, 5) is 37.1. The van der Waals surface area contributed by atoms with Crippen molar-refractivity contribution >= 4 is 23.3 Å². The van der Waals surface area contributed by atoms with Gasteiger partial charge in [-0.15, -0.1) is 0 Å². The van der Waals surface area contributed by atoms with E-state index < -0.39 is 23.6 Å². The number of ether oxygens (including phenoxy) is 3. The average molecular weight is 411 g/mol. The van der Waals surface area contributed by atoms with Crippen LogP contribution in [0.25, 0.3) is 0 Å². The summed E-state index contributed by atoms with van der Waals surface area (Å²) < 4.78 is 16.4. The number of anilines is 1. The highest BCUT2D eigenvalue weighted by atomic mass is 16.6. The number of para-hydroxylation sites is 2. The number of hydrogen-bond donors (Lipinski definition) is 1. The van der Waals surface area contributed by atoms with Crippen LogP contribution < -0.4 is 14.8 Å². The average Bonchev–Trinajstić information content (AvgIpc) is 2.72. The van der Waals surface area contributed by atoms with Crippen LogP contribution in [0.3, 0.4) is 0 Å². The van der Waals surface area contributed by atoms with Crippen LogP contribution in [0.5, 0.6) is 11.5 Å². The molecule has 0 saturated carbocycles. The number of hydrogen-bond acceptors (Lipinski definition) is 6. The van der Waals surface area contributed by atoms with Gasteiger partial charge in [0.15, 0.2) is 17.6 Å². The summed E-state index contributed by atoms with van der Waals surface area (Å²) in [6, 6.07) is 13.5. The highest BCUT2D eigenvalue weighted by molar-refractivity contribution is 6.01. The summed E-state index contributed by atoms with van der Waals surface area (Å²) in [5.74, 6) is -0.129. The van der Waals surface area contributed by atoms with Gasteiger partial charge < -0.3 is 19.5 Å². The van der Waals surface area contributed by atoms with Crippen molar-refractivity contribution < 1.29 is 28.6 Å². The van der Waals surface area contributed by atoms with Crippen LogP contribution in [0.4, 0.5) is 5.69 Å². The Morgan fingerprint density at radius 2 is 1.67 bits per heavy atom. The van der Waals surface area contributed by atoms with E-state index in [-0.39, 0.29) is 18.3 Å². The Hall–Kier alpha value is -3.35. The summed E-state index contributed by atoms with van der Waals surface area (Å²) >= 11 is 0. The highest BCUT2D eigenvalue weighted by Gasteiger charge is 2.31. The van der Waals surface area contributed by atoms with E-state index >= 15 is 0 Å². The summed E-state index contributed by atoms with van der Waals surface area (Å²) in [6.07, 6.45) is -1.93. The van der Waals surface area contributed by atoms with Crippen LogP contribution in [-0.4, -0.2) is 36.5 Å². The number of benzene rings is 2. The molecular weight excluding hydrogens is 386 g/mol. The van der Waals surface area contributed by atoms with Crippen LogP contribution in [-0.2, 0) is 14.3 Å². The smallest absolute Gasteiger partial charge is 0.351 e. The van der Waals surface area contributed by atoms with Crippen LogP contribution in [0.2, 0.25) is 0 Å². The molecule has 1 aliphatic rings. The molecule has 3 rings (SSSR count). The largest absolute Gasteiger partial charge is 0.485 e. The van der Waals surface area contributed by atoms with Gasteiger partial charge in [-0.3, -0.25) is 9.59 Å². The van der Waals surface area contributed by atoms with Crippen molar-refractivity contribution in [3.63, 3.8) is 0 Å². The Morgan fingerprint density at radius 3 is 2.30 bits per heavy atom. The van der Waals surface area contributed by atoms with Gasteiger partial charge in [-0.1, -0.05) is 32.9 Å². The minimum atomic E-state index is -0.992. The molecule has 30 heavy (non-hydrogen) atoms. The first-order chi connectivity index (χ1) is 14.1. The van der Waals surface area contributed by atoms with E-state index in [0.717, 1.165) is 0 Å². The number of amides is 1. The number of nitrogens with one attached hydrogen (secondary N) is 1. The molecule has 7 nitrogen and oxygen atoms in total. The van der Waals surface area contributed by atoms with E-state index in [0.29, 0.717) is 22.7 Å². The van der Waals surface area contributed by atoms with E-state index in [1.807, 2.05) is 20.8 Å². The van der Waals surface area contributed by atoms with Crippen LogP contribution in [0, 0.1) is 5.41 Å². The molecule has 1 heterocycles. The fourth-order valence-corrected chi connectivity index (χ4v) is 2.71. The van der Waals surface area contributed by atoms with E-state index in [4.69, 9.17) is 14.2 Å². The van der Waals surface area contributed by atoms with E-state index in [2.05, 4.69) is 5.32 Å². The maximum atomic E-state index is 12.6. The number of esters is 1. The number of carbonyl (C=O) groups excluding carboxylic acids is 3. The molecule has 158 valence electrons. The van der Waals surface area contributed by atoms with Gasteiger partial charge in [0, 0.05) is 16.7 Å². The zero-order valence-electron chi connectivity index (χ0n) is 17.4. The number of fused-ring (bicyclic) bond motifs is 1. The Kier molecular flexibility index (Phi) is 6.10. The predicted octanol–water partition coefficient (Wildman–Crippen LogP) is 3.63. The number of rotatable bonds is 5. The van der Waals surface area contributed by atoms with Gasteiger partial charge in [0.2, 0.25) is 17.8 Å². The molecule has 2 atom stereocenters. The van der Waals surface area contributed by atoms with Crippen molar-refractivity contribution in [3.05, 3.63) is 54.1 Å². The van der Waals surface area contributed by atoms with Crippen molar-refractivity contribution in [2.24, 2.45) is 5.41 Å². The Bertz CT molecular complexity index is 945. The lowest BCUT2D eigenvalue weighted by atomic mass is 9.95. The van der Waals surface area contributed by atoms with Crippen LogP contribution >= 0.6 is 0 Å². The van der Waals surface area contributed by atoms with Crippen molar-refractivity contribution in [1.82, 2.24) is 0 Å². The second-order valence-electron chi connectivity index (χ2n) is 8.09. The first-order valence-corrected chi connectivity index (χ1v) is 9.70. The molecule has 0 unspecified atom stereocenters. The third-order valence-corrected chi connectivity index (χ3v) is 4.54. The first-order valence-electron chi connectivity index (χ1n) is 9.70. The lowest BCUT2D eigenvalue weighted by Gasteiger charge is -2.25. The van der Waals surface area contributed by atoms with Gasteiger partial charge in [0.1, 0.15) is 6.61 Å². The molecule has 0 aromatic heterocycles. The fraction of sp³-hybridized carbons (Fsp3) is 0.348. The summed E-state index contributed by atoms with van der Waals surface area (Å²) in [5, 5.41) is 2.79. The topological polar surface area (TPSA) is 90.9 Å². The van der Waals surface area contributed by atoms with Gasteiger partial charge in [0.05, 0.1) is 0 Å². The maximum Gasteiger partial charge on any atom is 0.351 e. The molecule has 0 fully saturated rings. The van der Waals surface area contributed by atoms with Gasteiger partial charge in [0.25, 0.3) is 0 Å². The third kappa shape index (κ3) is 4.97. The van der Waals surface area contributed by atoms with Gasteiger partial charge in [-0.2, -0.15) is 0 Å². The van der Waals surface area contributed by atoms with E-state index in [9.17, 15) is 14.4 Å². The molecule has 1 N–H and O–H groups in total.